The van der Waals surface area contributed by atoms with Crippen molar-refractivity contribution in [2.24, 2.45) is 5.41 Å². The van der Waals surface area contributed by atoms with Crippen LogP contribution < -0.4 is 0 Å². The third-order valence-corrected chi connectivity index (χ3v) is 4.68. The number of methoxy groups -OCH3 is 1. The number of rotatable bonds is 5. The normalized spacial score (nSPS) is 20.4. The van der Waals surface area contributed by atoms with Crippen LogP contribution in [0.2, 0.25) is 0 Å². The van der Waals surface area contributed by atoms with Crippen LogP contribution in [0.15, 0.2) is 47.1 Å². The van der Waals surface area contributed by atoms with Gasteiger partial charge in [0.2, 0.25) is 0 Å². The quantitative estimate of drug-likeness (QED) is 0.903. The van der Waals surface area contributed by atoms with Gasteiger partial charge in [-0.1, -0.05) is 30.3 Å². The molecule has 1 N–H and O–H groups in total. The lowest BCUT2D eigenvalue weighted by Gasteiger charge is -2.39. The molecule has 6 heteroatoms. The summed E-state index contributed by atoms with van der Waals surface area (Å²) in [5.74, 6) is -0.982. The van der Waals surface area contributed by atoms with Gasteiger partial charge in [0, 0.05) is 25.8 Å². The van der Waals surface area contributed by atoms with E-state index >= 15 is 0 Å². The van der Waals surface area contributed by atoms with Crippen molar-refractivity contribution >= 4 is 11.9 Å². The molecule has 1 fully saturated rings. The maximum Gasteiger partial charge on any atom is 0.313 e. The minimum atomic E-state index is -1.07. The third-order valence-electron chi connectivity index (χ3n) is 4.68. The smallest absolute Gasteiger partial charge is 0.313 e. The predicted molar refractivity (Wildman–Crippen MR) is 91.2 cm³/mol. The molecule has 1 unspecified atom stereocenters. The Morgan fingerprint density at radius 2 is 2.04 bits per heavy atom. The highest BCUT2D eigenvalue weighted by molar-refractivity contribution is 5.98. The molecular weight excluding hydrogens is 322 g/mol. The second-order valence-corrected chi connectivity index (χ2v) is 6.38. The Hall–Kier alpha value is -2.60. The van der Waals surface area contributed by atoms with Gasteiger partial charge in [0.25, 0.3) is 5.91 Å². The number of piperidine rings is 1. The van der Waals surface area contributed by atoms with Crippen molar-refractivity contribution in [3.05, 3.63) is 48.4 Å². The Bertz CT molecular complexity index is 750. The van der Waals surface area contributed by atoms with Crippen molar-refractivity contribution in [3.8, 4) is 11.1 Å². The number of ether oxygens (including phenoxy) is 1. The third kappa shape index (κ3) is 3.30. The average molecular weight is 343 g/mol. The molecule has 6 nitrogen and oxygen atoms in total. The number of carboxylic acids is 1. The number of carbonyl (C=O) groups excluding carboxylic acids is 1. The van der Waals surface area contributed by atoms with Crippen LogP contribution >= 0.6 is 0 Å². The number of furan rings is 1. The molecule has 2 aromatic rings. The molecule has 1 amide bonds. The average Bonchev–Trinajstić information content (AvgIpc) is 3.12. The first-order chi connectivity index (χ1) is 12.1. The summed E-state index contributed by atoms with van der Waals surface area (Å²) in [6.07, 6.45) is 2.59. The molecule has 2 heterocycles. The lowest BCUT2D eigenvalue weighted by atomic mass is 9.80. The van der Waals surface area contributed by atoms with Crippen LogP contribution in [-0.4, -0.2) is 48.7 Å². The molecule has 0 saturated carbocycles. The van der Waals surface area contributed by atoms with Crippen LogP contribution in [0.3, 0.4) is 0 Å². The maximum atomic E-state index is 13.0. The number of hydrogen-bond acceptors (Lipinski definition) is 4. The molecule has 1 saturated heterocycles. The van der Waals surface area contributed by atoms with Crippen LogP contribution in [0.5, 0.6) is 0 Å². The largest absolute Gasteiger partial charge is 0.481 e. The zero-order chi connectivity index (χ0) is 17.9. The fraction of sp³-hybridized carbons (Fsp3) is 0.368. The van der Waals surface area contributed by atoms with Gasteiger partial charge in [0.05, 0.1) is 12.9 Å². The highest BCUT2D eigenvalue weighted by Crippen LogP contribution is 2.33. The van der Waals surface area contributed by atoms with Gasteiger partial charge in [-0.3, -0.25) is 9.59 Å². The summed E-state index contributed by atoms with van der Waals surface area (Å²) in [5.41, 5.74) is 0.532. The van der Waals surface area contributed by atoms with E-state index in [1.54, 1.807) is 11.0 Å². The van der Waals surface area contributed by atoms with Crippen LogP contribution in [-0.2, 0) is 9.53 Å². The number of carbonyl (C=O) groups is 2. The summed E-state index contributed by atoms with van der Waals surface area (Å²) in [5, 5.41) is 9.64. The summed E-state index contributed by atoms with van der Waals surface area (Å²) in [7, 11) is 1.48. The molecule has 25 heavy (non-hydrogen) atoms. The predicted octanol–water partition coefficient (Wildman–Crippen LogP) is 2.90. The van der Waals surface area contributed by atoms with E-state index in [0.29, 0.717) is 24.9 Å². The summed E-state index contributed by atoms with van der Waals surface area (Å²) in [4.78, 5) is 26.3. The number of nitrogens with zero attached hydrogens (tertiary/aromatic N) is 1. The summed E-state index contributed by atoms with van der Waals surface area (Å²) >= 11 is 0. The standard InChI is InChI=1S/C19H21NO5/c1-24-13-19(18(22)23)9-5-10-20(12-19)17(21)16-15(8-11-25-16)14-6-3-2-4-7-14/h2-4,6-8,11H,5,9-10,12-13H2,1H3,(H,22,23). The van der Waals surface area contributed by atoms with E-state index in [2.05, 4.69) is 0 Å². The first-order valence-electron chi connectivity index (χ1n) is 8.22. The number of likely N-dealkylation sites (tertiary alicyclic amines) is 1. The summed E-state index contributed by atoms with van der Waals surface area (Å²) in [6, 6.07) is 11.3. The van der Waals surface area contributed by atoms with Gasteiger partial charge in [0.15, 0.2) is 5.76 Å². The second kappa shape index (κ2) is 7.11. The van der Waals surface area contributed by atoms with Gasteiger partial charge in [-0.15, -0.1) is 0 Å². The first kappa shape index (κ1) is 17.2. The number of benzene rings is 1. The van der Waals surface area contributed by atoms with E-state index in [-0.39, 0.29) is 24.8 Å². The van der Waals surface area contributed by atoms with E-state index in [0.717, 1.165) is 5.56 Å². The Morgan fingerprint density at radius 3 is 2.72 bits per heavy atom. The SMILES string of the molecule is COCC1(C(=O)O)CCCN(C(=O)c2occc2-c2ccccc2)C1. The molecule has 1 aliphatic heterocycles. The van der Waals surface area contributed by atoms with E-state index < -0.39 is 11.4 Å². The molecule has 1 aromatic carbocycles. The zero-order valence-electron chi connectivity index (χ0n) is 14.1. The Kier molecular flexibility index (Phi) is 4.90. The van der Waals surface area contributed by atoms with Gasteiger partial charge in [0.1, 0.15) is 5.41 Å². The minimum Gasteiger partial charge on any atom is -0.481 e. The van der Waals surface area contributed by atoms with Crippen molar-refractivity contribution in [2.45, 2.75) is 12.8 Å². The van der Waals surface area contributed by atoms with Gasteiger partial charge >= 0.3 is 5.97 Å². The first-order valence-corrected chi connectivity index (χ1v) is 8.22. The molecule has 0 radical (unpaired) electrons. The highest BCUT2D eigenvalue weighted by Gasteiger charge is 2.44. The Balaban J connectivity index is 1.87. The van der Waals surface area contributed by atoms with Crippen molar-refractivity contribution in [3.63, 3.8) is 0 Å². The number of aliphatic carboxylic acids is 1. The molecular formula is C19H21NO5. The lowest BCUT2D eigenvalue weighted by Crippen LogP contribution is -2.52. The second-order valence-electron chi connectivity index (χ2n) is 6.38. The summed E-state index contributed by atoms with van der Waals surface area (Å²) < 4.78 is 10.6. The number of amides is 1. The van der Waals surface area contributed by atoms with Gasteiger partial charge < -0.3 is 19.2 Å². The molecule has 0 aliphatic carbocycles. The molecule has 0 spiro atoms. The van der Waals surface area contributed by atoms with Crippen LogP contribution in [0.25, 0.3) is 11.1 Å². The van der Waals surface area contributed by atoms with Crippen molar-refractivity contribution in [2.75, 3.05) is 26.8 Å². The van der Waals surface area contributed by atoms with Gasteiger partial charge in [-0.2, -0.15) is 0 Å². The number of carboxylic acid groups (broad SMARTS) is 1. The highest BCUT2D eigenvalue weighted by atomic mass is 16.5. The van der Waals surface area contributed by atoms with Crippen LogP contribution in [0, 0.1) is 5.41 Å². The Labute approximate surface area is 146 Å². The molecule has 132 valence electrons. The topological polar surface area (TPSA) is 80.0 Å². The fourth-order valence-electron chi connectivity index (χ4n) is 3.40. The van der Waals surface area contributed by atoms with Gasteiger partial charge in [-0.25, -0.2) is 0 Å². The lowest BCUT2D eigenvalue weighted by molar-refractivity contribution is -0.155. The van der Waals surface area contributed by atoms with Crippen molar-refractivity contribution in [1.29, 1.82) is 0 Å². The molecule has 0 bridgehead atoms. The Morgan fingerprint density at radius 1 is 1.28 bits per heavy atom. The zero-order valence-corrected chi connectivity index (χ0v) is 14.1. The van der Waals surface area contributed by atoms with Crippen molar-refractivity contribution < 1.29 is 23.8 Å². The van der Waals surface area contributed by atoms with Crippen LogP contribution in [0.1, 0.15) is 23.4 Å². The van der Waals surface area contributed by atoms with E-state index in [1.165, 1.54) is 13.4 Å². The minimum absolute atomic E-state index is 0.0792. The molecule has 1 aromatic heterocycles. The van der Waals surface area contributed by atoms with Crippen LogP contribution in [0.4, 0.5) is 0 Å². The molecule has 1 atom stereocenters. The fourth-order valence-corrected chi connectivity index (χ4v) is 3.40. The molecule has 1 aliphatic rings. The van der Waals surface area contributed by atoms with Crippen molar-refractivity contribution in [1.82, 2.24) is 4.90 Å². The van der Waals surface area contributed by atoms with E-state index in [9.17, 15) is 14.7 Å². The summed E-state index contributed by atoms with van der Waals surface area (Å²) in [6.45, 7) is 0.701. The van der Waals surface area contributed by atoms with E-state index in [1.807, 2.05) is 30.3 Å². The number of hydrogen-bond donors (Lipinski definition) is 1. The molecule has 3 rings (SSSR count). The van der Waals surface area contributed by atoms with Gasteiger partial charge in [-0.05, 0) is 24.5 Å². The van der Waals surface area contributed by atoms with E-state index in [4.69, 9.17) is 9.15 Å². The monoisotopic (exact) mass is 343 g/mol. The maximum absolute atomic E-state index is 13.0.